The fourth-order valence-electron chi connectivity index (χ4n) is 1.54. The van der Waals surface area contributed by atoms with E-state index in [-0.39, 0.29) is 5.28 Å². The number of thiophene rings is 1. The fourth-order valence-corrected chi connectivity index (χ4v) is 2.52. The molecular formula is C10H8ClN5OS. The Labute approximate surface area is 111 Å². The topological polar surface area (TPSA) is 76.7 Å². The van der Waals surface area contributed by atoms with Gasteiger partial charge in [-0.1, -0.05) is 5.16 Å². The Morgan fingerprint density at radius 3 is 3.06 bits per heavy atom. The van der Waals surface area contributed by atoms with Crippen LogP contribution in [-0.4, -0.2) is 20.1 Å². The van der Waals surface area contributed by atoms with Gasteiger partial charge in [-0.15, -0.1) is 11.3 Å². The van der Waals surface area contributed by atoms with Crippen molar-refractivity contribution in [3.63, 3.8) is 0 Å². The molecule has 3 aromatic rings. The molecule has 6 nitrogen and oxygen atoms in total. The van der Waals surface area contributed by atoms with Crippen molar-refractivity contribution in [1.29, 1.82) is 0 Å². The number of hydrogen-bond acceptors (Lipinski definition) is 7. The van der Waals surface area contributed by atoms with Crippen LogP contribution in [0, 0.1) is 6.92 Å². The van der Waals surface area contributed by atoms with Crippen LogP contribution in [0.1, 0.15) is 11.7 Å². The zero-order valence-electron chi connectivity index (χ0n) is 9.35. The van der Waals surface area contributed by atoms with Crippen molar-refractivity contribution < 1.29 is 4.52 Å². The number of anilines is 1. The first-order valence-electron chi connectivity index (χ1n) is 5.16. The molecule has 92 valence electrons. The van der Waals surface area contributed by atoms with E-state index in [1.54, 1.807) is 6.92 Å². The summed E-state index contributed by atoms with van der Waals surface area (Å²) in [5, 5.41) is 9.93. The Balaban J connectivity index is 1.87. The number of fused-ring (bicyclic) bond motifs is 1. The van der Waals surface area contributed by atoms with E-state index in [9.17, 15) is 0 Å². The van der Waals surface area contributed by atoms with E-state index in [1.165, 1.54) is 11.3 Å². The smallest absolute Gasteiger partial charge is 0.245 e. The van der Waals surface area contributed by atoms with Gasteiger partial charge in [0.15, 0.2) is 5.82 Å². The van der Waals surface area contributed by atoms with Crippen LogP contribution in [0.2, 0.25) is 5.28 Å². The molecule has 0 amide bonds. The van der Waals surface area contributed by atoms with Crippen LogP contribution in [0.5, 0.6) is 0 Å². The van der Waals surface area contributed by atoms with Crippen molar-refractivity contribution in [2.45, 2.75) is 13.5 Å². The number of hydrogen-bond donors (Lipinski definition) is 1. The second-order valence-electron chi connectivity index (χ2n) is 3.57. The van der Waals surface area contributed by atoms with Gasteiger partial charge < -0.3 is 9.84 Å². The number of nitrogens with zero attached hydrogens (tertiary/aromatic N) is 4. The fraction of sp³-hybridized carbons (Fsp3) is 0.200. The first-order valence-corrected chi connectivity index (χ1v) is 6.42. The van der Waals surface area contributed by atoms with Gasteiger partial charge in [-0.05, 0) is 30.0 Å². The van der Waals surface area contributed by atoms with Gasteiger partial charge in [0.05, 0.1) is 11.9 Å². The van der Waals surface area contributed by atoms with Crippen LogP contribution in [0.25, 0.3) is 10.2 Å². The molecule has 0 atom stereocenters. The molecule has 18 heavy (non-hydrogen) atoms. The summed E-state index contributed by atoms with van der Waals surface area (Å²) in [6.07, 6.45) is 0. The summed E-state index contributed by atoms with van der Waals surface area (Å²) in [7, 11) is 0. The third kappa shape index (κ3) is 2.14. The lowest BCUT2D eigenvalue weighted by Gasteiger charge is -2.03. The zero-order chi connectivity index (χ0) is 12.5. The van der Waals surface area contributed by atoms with Crippen molar-refractivity contribution >= 4 is 39.0 Å². The van der Waals surface area contributed by atoms with E-state index < -0.39 is 0 Å². The van der Waals surface area contributed by atoms with E-state index >= 15 is 0 Å². The van der Waals surface area contributed by atoms with Gasteiger partial charge >= 0.3 is 0 Å². The molecule has 0 aliphatic heterocycles. The predicted molar refractivity (Wildman–Crippen MR) is 68.8 cm³/mol. The van der Waals surface area contributed by atoms with Crippen molar-refractivity contribution in [2.24, 2.45) is 0 Å². The number of nitrogens with one attached hydrogen (secondary N) is 1. The molecule has 3 aromatic heterocycles. The maximum atomic E-state index is 5.86. The van der Waals surface area contributed by atoms with Gasteiger partial charge in [-0.25, -0.2) is 9.97 Å². The summed E-state index contributed by atoms with van der Waals surface area (Å²) in [5.41, 5.74) is 0. The van der Waals surface area contributed by atoms with Gasteiger partial charge in [0.1, 0.15) is 10.6 Å². The number of halogens is 1. The minimum atomic E-state index is 0.217. The Morgan fingerprint density at radius 2 is 2.28 bits per heavy atom. The van der Waals surface area contributed by atoms with Crippen molar-refractivity contribution in [1.82, 2.24) is 20.1 Å². The second kappa shape index (κ2) is 4.51. The van der Waals surface area contributed by atoms with Gasteiger partial charge in [0.25, 0.3) is 0 Å². The lowest BCUT2D eigenvalue weighted by atomic mass is 10.4. The van der Waals surface area contributed by atoms with Crippen LogP contribution >= 0.6 is 22.9 Å². The molecule has 0 unspecified atom stereocenters. The summed E-state index contributed by atoms with van der Waals surface area (Å²) < 4.78 is 5.01. The van der Waals surface area contributed by atoms with E-state index in [2.05, 4.69) is 25.4 Å². The third-order valence-corrected chi connectivity index (χ3v) is 3.25. The molecule has 0 aromatic carbocycles. The van der Waals surface area contributed by atoms with Gasteiger partial charge in [-0.2, -0.15) is 4.98 Å². The molecule has 0 saturated carbocycles. The van der Waals surface area contributed by atoms with Crippen LogP contribution in [0.4, 0.5) is 5.82 Å². The predicted octanol–water partition coefficient (Wildman–Crippen LogP) is 2.65. The highest BCUT2D eigenvalue weighted by Gasteiger charge is 2.09. The maximum absolute atomic E-state index is 5.86. The quantitative estimate of drug-likeness (QED) is 0.744. The van der Waals surface area contributed by atoms with Crippen LogP contribution in [0.3, 0.4) is 0 Å². The second-order valence-corrected chi connectivity index (χ2v) is 4.80. The third-order valence-electron chi connectivity index (χ3n) is 2.27. The minimum Gasteiger partial charge on any atom is -0.360 e. The monoisotopic (exact) mass is 281 g/mol. The molecule has 0 fully saturated rings. The largest absolute Gasteiger partial charge is 0.360 e. The molecular weight excluding hydrogens is 274 g/mol. The molecule has 3 rings (SSSR count). The summed E-state index contributed by atoms with van der Waals surface area (Å²) in [5.74, 6) is 1.78. The molecule has 1 N–H and O–H groups in total. The average molecular weight is 282 g/mol. The highest BCUT2D eigenvalue weighted by atomic mass is 35.5. The van der Waals surface area contributed by atoms with E-state index in [0.717, 1.165) is 10.2 Å². The molecule has 3 heterocycles. The molecule has 0 saturated heterocycles. The lowest BCUT2D eigenvalue weighted by Crippen LogP contribution is -2.02. The summed E-state index contributed by atoms with van der Waals surface area (Å²) in [6, 6.07) is 1.94. The van der Waals surface area contributed by atoms with Crippen molar-refractivity contribution in [3.05, 3.63) is 28.4 Å². The molecule has 8 heteroatoms. The first kappa shape index (κ1) is 11.4. The Morgan fingerprint density at radius 1 is 1.39 bits per heavy atom. The summed E-state index contributed by atoms with van der Waals surface area (Å²) in [6.45, 7) is 2.17. The van der Waals surface area contributed by atoms with Crippen molar-refractivity contribution in [2.75, 3.05) is 5.32 Å². The SMILES string of the molecule is Cc1noc(CNc2nc(Cl)nc3sccc23)n1. The van der Waals surface area contributed by atoms with Crippen molar-refractivity contribution in [3.8, 4) is 0 Å². The Kier molecular flexibility index (Phi) is 2.85. The standard InChI is InChI=1S/C10H8ClN5OS/c1-5-13-7(17-16-5)4-12-8-6-2-3-18-9(6)15-10(11)14-8/h2-3H,4H2,1H3,(H,12,14,15). The zero-order valence-corrected chi connectivity index (χ0v) is 10.9. The Hall–Kier alpha value is -1.73. The molecule has 0 spiro atoms. The van der Waals surface area contributed by atoms with Gasteiger partial charge in [0.2, 0.25) is 11.2 Å². The highest BCUT2D eigenvalue weighted by Crippen LogP contribution is 2.26. The normalized spacial score (nSPS) is 11.0. The lowest BCUT2D eigenvalue weighted by molar-refractivity contribution is 0.379. The summed E-state index contributed by atoms with van der Waals surface area (Å²) in [4.78, 5) is 13.2. The Bertz CT molecular complexity index is 694. The van der Waals surface area contributed by atoms with Crippen LogP contribution < -0.4 is 5.32 Å². The average Bonchev–Trinajstić information content (AvgIpc) is 2.94. The van der Waals surface area contributed by atoms with Crippen LogP contribution in [-0.2, 0) is 6.54 Å². The van der Waals surface area contributed by atoms with Gasteiger partial charge in [0, 0.05) is 0 Å². The van der Waals surface area contributed by atoms with Gasteiger partial charge in [-0.3, -0.25) is 0 Å². The molecule has 0 radical (unpaired) electrons. The van der Waals surface area contributed by atoms with E-state index in [1.807, 2.05) is 11.4 Å². The van der Waals surface area contributed by atoms with E-state index in [4.69, 9.17) is 16.1 Å². The molecule has 0 aliphatic rings. The maximum Gasteiger partial charge on any atom is 0.245 e. The molecule has 0 bridgehead atoms. The minimum absolute atomic E-state index is 0.217. The highest BCUT2D eigenvalue weighted by molar-refractivity contribution is 7.16. The van der Waals surface area contributed by atoms with Crippen LogP contribution in [0.15, 0.2) is 16.0 Å². The number of rotatable bonds is 3. The van der Waals surface area contributed by atoms with E-state index in [0.29, 0.717) is 24.1 Å². The molecule has 0 aliphatic carbocycles. The number of aryl methyl sites for hydroxylation is 1. The first-order chi connectivity index (χ1) is 8.72. The number of aromatic nitrogens is 4. The summed E-state index contributed by atoms with van der Waals surface area (Å²) >= 11 is 7.37.